The minimum Gasteiger partial charge on any atom is -0.377 e. The van der Waals surface area contributed by atoms with E-state index >= 15 is 0 Å². The summed E-state index contributed by atoms with van der Waals surface area (Å²) < 4.78 is 11.7. The number of unbranched alkanes of at least 4 members (excludes halogenated alkanes) is 3. The van der Waals surface area contributed by atoms with Crippen LogP contribution in [0, 0.1) is 0 Å². The third-order valence-electron chi connectivity index (χ3n) is 4.05. The maximum Gasteiger partial charge on any atom is 0.0987 e. The Morgan fingerprint density at radius 3 is 2.58 bits per heavy atom. The molecule has 3 heteroatoms. The molecule has 0 aromatic rings. The van der Waals surface area contributed by atoms with Crippen LogP contribution in [-0.4, -0.2) is 38.0 Å². The Labute approximate surface area is 119 Å². The van der Waals surface area contributed by atoms with Crippen LogP contribution in [0.15, 0.2) is 0 Å². The molecular formula is C16H33NO2. The summed E-state index contributed by atoms with van der Waals surface area (Å²) in [6.07, 6.45) is 9.62. The van der Waals surface area contributed by atoms with Gasteiger partial charge in [-0.2, -0.15) is 0 Å². The van der Waals surface area contributed by atoms with E-state index in [0.29, 0.717) is 18.2 Å². The highest BCUT2D eigenvalue weighted by atomic mass is 16.5. The highest BCUT2D eigenvalue weighted by Crippen LogP contribution is 2.28. The van der Waals surface area contributed by atoms with Crippen molar-refractivity contribution in [2.45, 2.75) is 90.1 Å². The number of rotatable bonds is 11. The molecule has 1 aliphatic rings. The fraction of sp³-hybridized carbons (Fsp3) is 1.00. The van der Waals surface area contributed by atoms with Gasteiger partial charge >= 0.3 is 0 Å². The highest BCUT2D eigenvalue weighted by molar-refractivity contribution is 4.97. The standard InChI is InChI=1S/C16H33NO2/c1-5-7-8-9-10-13(3)19-15-12-14(16(15)18-4)17-11-6-2/h13-17H,5-12H2,1-4H3. The maximum atomic E-state index is 6.12. The number of nitrogens with one attached hydrogen (secondary N) is 1. The van der Waals surface area contributed by atoms with Crippen molar-refractivity contribution in [3.63, 3.8) is 0 Å². The van der Waals surface area contributed by atoms with Crippen LogP contribution in [0.2, 0.25) is 0 Å². The van der Waals surface area contributed by atoms with E-state index in [2.05, 4.69) is 26.1 Å². The van der Waals surface area contributed by atoms with Crippen LogP contribution in [0.25, 0.3) is 0 Å². The van der Waals surface area contributed by atoms with Gasteiger partial charge < -0.3 is 14.8 Å². The molecule has 3 nitrogen and oxygen atoms in total. The summed E-state index contributed by atoms with van der Waals surface area (Å²) >= 11 is 0. The van der Waals surface area contributed by atoms with Gasteiger partial charge in [-0.15, -0.1) is 0 Å². The van der Waals surface area contributed by atoms with Gasteiger partial charge in [-0.1, -0.05) is 39.5 Å². The summed E-state index contributed by atoms with van der Waals surface area (Å²) in [5, 5.41) is 3.53. The molecular weight excluding hydrogens is 238 g/mol. The molecule has 1 rings (SSSR count). The van der Waals surface area contributed by atoms with E-state index in [1.165, 1.54) is 38.5 Å². The number of ether oxygens (including phenoxy) is 2. The predicted molar refractivity (Wildman–Crippen MR) is 80.6 cm³/mol. The molecule has 1 aliphatic carbocycles. The first-order valence-electron chi connectivity index (χ1n) is 8.14. The van der Waals surface area contributed by atoms with E-state index in [1.807, 2.05) is 0 Å². The van der Waals surface area contributed by atoms with Crippen molar-refractivity contribution < 1.29 is 9.47 Å². The van der Waals surface area contributed by atoms with Crippen LogP contribution in [0.3, 0.4) is 0 Å². The average molecular weight is 271 g/mol. The molecule has 0 saturated heterocycles. The molecule has 4 unspecified atom stereocenters. The second-order valence-electron chi connectivity index (χ2n) is 5.83. The van der Waals surface area contributed by atoms with Crippen LogP contribution in [-0.2, 0) is 9.47 Å². The van der Waals surface area contributed by atoms with Crippen molar-refractivity contribution in [1.82, 2.24) is 5.32 Å². The predicted octanol–water partition coefficient (Wildman–Crippen LogP) is 3.52. The van der Waals surface area contributed by atoms with E-state index < -0.39 is 0 Å². The number of methoxy groups -OCH3 is 1. The minimum absolute atomic E-state index is 0.240. The van der Waals surface area contributed by atoms with E-state index in [1.54, 1.807) is 7.11 Å². The molecule has 0 radical (unpaired) electrons. The molecule has 19 heavy (non-hydrogen) atoms. The third kappa shape index (κ3) is 5.80. The zero-order valence-electron chi connectivity index (χ0n) is 13.3. The second kappa shape index (κ2) is 9.73. The molecule has 1 fully saturated rings. The van der Waals surface area contributed by atoms with Gasteiger partial charge in [-0.25, -0.2) is 0 Å². The molecule has 0 aromatic heterocycles. The van der Waals surface area contributed by atoms with Gasteiger partial charge in [0.25, 0.3) is 0 Å². The summed E-state index contributed by atoms with van der Waals surface area (Å²) in [6.45, 7) is 7.72. The third-order valence-corrected chi connectivity index (χ3v) is 4.05. The molecule has 114 valence electrons. The zero-order valence-corrected chi connectivity index (χ0v) is 13.3. The lowest BCUT2D eigenvalue weighted by Gasteiger charge is -2.44. The molecule has 4 atom stereocenters. The van der Waals surface area contributed by atoms with Gasteiger partial charge in [0.1, 0.15) is 0 Å². The Morgan fingerprint density at radius 1 is 1.16 bits per heavy atom. The smallest absolute Gasteiger partial charge is 0.0987 e. The van der Waals surface area contributed by atoms with Crippen molar-refractivity contribution in [2.75, 3.05) is 13.7 Å². The van der Waals surface area contributed by atoms with E-state index in [-0.39, 0.29) is 6.10 Å². The molecule has 1 saturated carbocycles. The van der Waals surface area contributed by atoms with Crippen molar-refractivity contribution >= 4 is 0 Å². The van der Waals surface area contributed by atoms with Crippen LogP contribution >= 0.6 is 0 Å². The lowest BCUT2D eigenvalue weighted by atomic mass is 9.85. The lowest BCUT2D eigenvalue weighted by Crippen LogP contribution is -2.60. The average Bonchev–Trinajstić information content (AvgIpc) is 2.38. The summed E-state index contributed by atoms with van der Waals surface area (Å²) in [6, 6.07) is 0.488. The van der Waals surface area contributed by atoms with Gasteiger partial charge in [0.2, 0.25) is 0 Å². The molecule has 0 amide bonds. The Hall–Kier alpha value is -0.120. The summed E-state index contributed by atoms with van der Waals surface area (Å²) in [7, 11) is 1.80. The van der Waals surface area contributed by atoms with Gasteiger partial charge in [0.05, 0.1) is 18.3 Å². The van der Waals surface area contributed by atoms with Gasteiger partial charge in [0, 0.05) is 13.2 Å². The molecule has 0 aliphatic heterocycles. The van der Waals surface area contributed by atoms with Gasteiger partial charge in [0.15, 0.2) is 0 Å². The normalized spacial score (nSPS) is 28.1. The first-order chi connectivity index (χ1) is 9.22. The Morgan fingerprint density at radius 2 is 1.95 bits per heavy atom. The molecule has 0 heterocycles. The SMILES string of the molecule is CCCCCCC(C)OC1CC(NCCC)C1OC. The van der Waals surface area contributed by atoms with Crippen molar-refractivity contribution in [1.29, 1.82) is 0 Å². The van der Waals surface area contributed by atoms with Crippen LogP contribution in [0.4, 0.5) is 0 Å². The highest BCUT2D eigenvalue weighted by Gasteiger charge is 2.42. The summed E-state index contributed by atoms with van der Waals surface area (Å²) in [5.41, 5.74) is 0. The zero-order chi connectivity index (χ0) is 14.1. The molecule has 0 spiro atoms. The lowest BCUT2D eigenvalue weighted by molar-refractivity contribution is -0.154. The van der Waals surface area contributed by atoms with Crippen molar-refractivity contribution in [3.05, 3.63) is 0 Å². The quantitative estimate of drug-likeness (QED) is 0.583. The first kappa shape index (κ1) is 16.9. The Balaban J connectivity index is 2.15. The van der Waals surface area contributed by atoms with Crippen LogP contribution in [0.1, 0.15) is 65.7 Å². The van der Waals surface area contributed by atoms with Crippen molar-refractivity contribution in [3.8, 4) is 0 Å². The van der Waals surface area contributed by atoms with Crippen LogP contribution < -0.4 is 5.32 Å². The Kier molecular flexibility index (Phi) is 8.67. The fourth-order valence-corrected chi connectivity index (χ4v) is 2.79. The van der Waals surface area contributed by atoms with E-state index in [9.17, 15) is 0 Å². The summed E-state index contributed by atoms with van der Waals surface area (Å²) in [5.74, 6) is 0. The van der Waals surface area contributed by atoms with Gasteiger partial charge in [-0.3, -0.25) is 0 Å². The van der Waals surface area contributed by atoms with E-state index in [4.69, 9.17) is 9.47 Å². The molecule has 0 bridgehead atoms. The number of hydrogen-bond donors (Lipinski definition) is 1. The minimum atomic E-state index is 0.240. The number of hydrogen-bond acceptors (Lipinski definition) is 3. The monoisotopic (exact) mass is 271 g/mol. The van der Waals surface area contributed by atoms with E-state index in [0.717, 1.165) is 13.0 Å². The fourth-order valence-electron chi connectivity index (χ4n) is 2.79. The molecule has 0 aromatic carbocycles. The largest absolute Gasteiger partial charge is 0.377 e. The van der Waals surface area contributed by atoms with Gasteiger partial charge in [-0.05, 0) is 32.7 Å². The van der Waals surface area contributed by atoms with Crippen molar-refractivity contribution in [2.24, 2.45) is 0 Å². The molecule has 1 N–H and O–H groups in total. The maximum absolute atomic E-state index is 6.12. The second-order valence-corrected chi connectivity index (χ2v) is 5.83. The Bertz CT molecular complexity index is 223. The van der Waals surface area contributed by atoms with Crippen LogP contribution in [0.5, 0.6) is 0 Å². The first-order valence-corrected chi connectivity index (χ1v) is 8.14. The summed E-state index contributed by atoms with van der Waals surface area (Å²) in [4.78, 5) is 0. The topological polar surface area (TPSA) is 30.5 Å².